The molecule has 0 atom stereocenters. The minimum Gasteiger partial charge on any atom is -0.310 e. The fourth-order valence-electron chi connectivity index (χ4n) is 2.69. The van der Waals surface area contributed by atoms with Crippen LogP contribution in [-0.2, 0) is 11.2 Å². The number of hydrogen-bond donors (Lipinski definition) is 1. The summed E-state index contributed by atoms with van der Waals surface area (Å²) in [6.45, 7) is 0. The van der Waals surface area contributed by atoms with Gasteiger partial charge in [0.25, 0.3) is 0 Å². The number of fused-ring (bicyclic) bond motifs is 2. The fourth-order valence-corrected chi connectivity index (χ4v) is 3.42. The molecule has 23 heavy (non-hydrogen) atoms. The van der Waals surface area contributed by atoms with Crippen LogP contribution in [0.5, 0.6) is 0 Å². The Labute approximate surface area is 136 Å². The first-order chi connectivity index (χ1) is 11.3. The van der Waals surface area contributed by atoms with Gasteiger partial charge in [0.2, 0.25) is 5.91 Å². The largest absolute Gasteiger partial charge is 0.310 e. The third kappa shape index (κ3) is 2.66. The number of benzene rings is 2. The summed E-state index contributed by atoms with van der Waals surface area (Å²) in [6.07, 6.45) is 1.79. The second kappa shape index (κ2) is 5.78. The van der Waals surface area contributed by atoms with Crippen LogP contribution in [-0.4, -0.2) is 15.9 Å². The normalized spacial score (nSPS) is 11.0. The minimum atomic E-state index is -0.0763. The molecule has 0 aliphatic carbocycles. The molecule has 0 radical (unpaired) electrons. The molecule has 4 aromatic rings. The predicted molar refractivity (Wildman–Crippen MR) is 93.7 cm³/mol. The highest BCUT2D eigenvalue weighted by atomic mass is 32.1. The van der Waals surface area contributed by atoms with Crippen LogP contribution >= 0.6 is 11.3 Å². The zero-order chi connectivity index (χ0) is 15.6. The third-order valence-electron chi connectivity index (χ3n) is 3.75. The van der Waals surface area contributed by atoms with Gasteiger partial charge in [-0.1, -0.05) is 42.5 Å². The summed E-state index contributed by atoms with van der Waals surface area (Å²) in [5, 5.41) is 7.97. The molecule has 5 heteroatoms. The highest BCUT2D eigenvalue weighted by Gasteiger charge is 2.10. The Balaban J connectivity index is 1.61. The number of carbonyl (C=O) groups excluding carboxylic acids is 1. The van der Waals surface area contributed by atoms with Crippen molar-refractivity contribution in [3.63, 3.8) is 0 Å². The summed E-state index contributed by atoms with van der Waals surface area (Å²) in [7, 11) is 0. The second-order valence-corrected chi connectivity index (χ2v) is 6.12. The number of rotatable bonds is 3. The Bertz CT molecular complexity index is 1000. The van der Waals surface area contributed by atoms with Gasteiger partial charge in [0.1, 0.15) is 17.0 Å². The molecule has 0 aliphatic heterocycles. The summed E-state index contributed by atoms with van der Waals surface area (Å²) in [4.78, 5) is 21.7. The van der Waals surface area contributed by atoms with Gasteiger partial charge in [-0.05, 0) is 27.8 Å². The first kappa shape index (κ1) is 13.8. The molecule has 0 bridgehead atoms. The van der Waals surface area contributed by atoms with E-state index in [0.717, 1.165) is 26.6 Å². The van der Waals surface area contributed by atoms with Crippen molar-refractivity contribution in [2.75, 3.05) is 5.32 Å². The van der Waals surface area contributed by atoms with Crippen LogP contribution in [0.3, 0.4) is 0 Å². The van der Waals surface area contributed by atoms with Gasteiger partial charge in [0.05, 0.1) is 11.8 Å². The van der Waals surface area contributed by atoms with E-state index in [0.29, 0.717) is 12.2 Å². The molecule has 4 nitrogen and oxygen atoms in total. The number of nitrogens with one attached hydrogen (secondary N) is 1. The van der Waals surface area contributed by atoms with E-state index in [4.69, 9.17) is 0 Å². The highest BCUT2D eigenvalue weighted by Crippen LogP contribution is 2.24. The van der Waals surface area contributed by atoms with Crippen molar-refractivity contribution in [3.05, 3.63) is 65.8 Å². The van der Waals surface area contributed by atoms with Gasteiger partial charge in [-0.15, -0.1) is 11.3 Å². The lowest BCUT2D eigenvalue weighted by molar-refractivity contribution is -0.115. The van der Waals surface area contributed by atoms with E-state index < -0.39 is 0 Å². The molecule has 2 heterocycles. The summed E-state index contributed by atoms with van der Waals surface area (Å²) in [5.74, 6) is 0.494. The maximum Gasteiger partial charge on any atom is 0.229 e. The average molecular weight is 319 g/mol. The summed E-state index contributed by atoms with van der Waals surface area (Å²) in [5.41, 5.74) is 1.01. The number of carbonyl (C=O) groups is 1. The Morgan fingerprint density at radius 3 is 2.83 bits per heavy atom. The number of hydrogen-bond acceptors (Lipinski definition) is 4. The van der Waals surface area contributed by atoms with Crippen molar-refractivity contribution >= 4 is 44.1 Å². The van der Waals surface area contributed by atoms with E-state index in [2.05, 4.69) is 27.4 Å². The van der Waals surface area contributed by atoms with Gasteiger partial charge in [-0.25, -0.2) is 9.97 Å². The predicted octanol–water partition coefficient (Wildman–Crippen LogP) is 4.03. The van der Waals surface area contributed by atoms with Crippen molar-refractivity contribution in [1.82, 2.24) is 9.97 Å². The van der Waals surface area contributed by atoms with Gasteiger partial charge in [-0.2, -0.15) is 0 Å². The van der Waals surface area contributed by atoms with Crippen LogP contribution < -0.4 is 5.32 Å². The molecule has 4 rings (SSSR count). The monoisotopic (exact) mass is 319 g/mol. The van der Waals surface area contributed by atoms with Crippen molar-refractivity contribution in [2.24, 2.45) is 0 Å². The molecule has 0 saturated heterocycles. The summed E-state index contributed by atoms with van der Waals surface area (Å²) < 4.78 is 0. The number of aromatic nitrogens is 2. The molecule has 1 N–H and O–H groups in total. The first-order valence-corrected chi connectivity index (χ1v) is 8.14. The van der Waals surface area contributed by atoms with Crippen LogP contribution in [0.4, 0.5) is 5.82 Å². The summed E-state index contributed by atoms with van der Waals surface area (Å²) >= 11 is 1.53. The molecule has 1 amide bonds. The van der Waals surface area contributed by atoms with Crippen LogP contribution in [0.1, 0.15) is 5.56 Å². The lowest BCUT2D eigenvalue weighted by atomic mass is 10.0. The van der Waals surface area contributed by atoms with E-state index >= 15 is 0 Å². The zero-order valence-corrected chi connectivity index (χ0v) is 13.0. The smallest absolute Gasteiger partial charge is 0.229 e. The summed E-state index contributed by atoms with van der Waals surface area (Å²) in [6, 6.07) is 16.0. The SMILES string of the molecule is O=C(Cc1cccc2ccccc12)Nc1ncnc2sccc12. The van der Waals surface area contributed by atoms with Crippen molar-refractivity contribution in [1.29, 1.82) is 0 Å². The topological polar surface area (TPSA) is 54.9 Å². The van der Waals surface area contributed by atoms with Gasteiger partial charge in [0.15, 0.2) is 0 Å². The molecule has 0 spiro atoms. The standard InChI is InChI=1S/C18H13N3OS/c22-16(21-17-15-8-9-23-18(15)20-11-19-17)10-13-6-3-5-12-4-1-2-7-14(12)13/h1-9,11H,10H2,(H,19,20,21,22). The number of amides is 1. The highest BCUT2D eigenvalue weighted by molar-refractivity contribution is 7.16. The fraction of sp³-hybridized carbons (Fsp3) is 0.0556. The van der Waals surface area contributed by atoms with Gasteiger partial charge < -0.3 is 5.32 Å². The van der Waals surface area contributed by atoms with Crippen molar-refractivity contribution in [3.8, 4) is 0 Å². The van der Waals surface area contributed by atoms with E-state index in [9.17, 15) is 4.79 Å². The quantitative estimate of drug-likeness (QED) is 0.620. The van der Waals surface area contributed by atoms with E-state index in [1.165, 1.54) is 17.7 Å². The van der Waals surface area contributed by atoms with Crippen molar-refractivity contribution < 1.29 is 4.79 Å². The van der Waals surface area contributed by atoms with Gasteiger partial charge >= 0.3 is 0 Å². The lowest BCUT2D eigenvalue weighted by Gasteiger charge is -2.08. The molecule has 0 fully saturated rings. The molecule has 2 aromatic heterocycles. The van der Waals surface area contributed by atoms with Gasteiger partial charge in [-0.3, -0.25) is 4.79 Å². The van der Waals surface area contributed by atoms with Crippen LogP contribution in [0.2, 0.25) is 0 Å². The van der Waals surface area contributed by atoms with E-state index in [1.807, 2.05) is 41.8 Å². The molecular formula is C18H13N3OS. The Morgan fingerprint density at radius 2 is 1.87 bits per heavy atom. The third-order valence-corrected chi connectivity index (χ3v) is 4.57. The molecule has 0 saturated carbocycles. The molecule has 2 aromatic carbocycles. The zero-order valence-electron chi connectivity index (χ0n) is 12.2. The molecule has 0 aliphatic rings. The molecule has 0 unspecified atom stereocenters. The Morgan fingerprint density at radius 1 is 1.00 bits per heavy atom. The van der Waals surface area contributed by atoms with E-state index in [-0.39, 0.29) is 5.91 Å². The molecular weight excluding hydrogens is 306 g/mol. The lowest BCUT2D eigenvalue weighted by Crippen LogP contribution is -2.15. The minimum absolute atomic E-state index is 0.0763. The van der Waals surface area contributed by atoms with E-state index in [1.54, 1.807) is 0 Å². The van der Waals surface area contributed by atoms with Crippen LogP contribution in [0.15, 0.2) is 60.2 Å². The number of anilines is 1. The Hall–Kier alpha value is -2.79. The first-order valence-electron chi connectivity index (χ1n) is 7.26. The van der Waals surface area contributed by atoms with Gasteiger partial charge in [0, 0.05) is 0 Å². The van der Waals surface area contributed by atoms with Crippen molar-refractivity contribution in [2.45, 2.75) is 6.42 Å². The maximum absolute atomic E-state index is 12.4. The van der Waals surface area contributed by atoms with Crippen LogP contribution in [0.25, 0.3) is 21.0 Å². The Kier molecular flexibility index (Phi) is 3.48. The average Bonchev–Trinajstić information content (AvgIpc) is 3.05. The maximum atomic E-state index is 12.4. The second-order valence-electron chi connectivity index (χ2n) is 5.22. The number of thiophene rings is 1. The number of nitrogens with zero attached hydrogens (tertiary/aromatic N) is 2. The molecule has 112 valence electrons. The van der Waals surface area contributed by atoms with Crippen LogP contribution in [0, 0.1) is 0 Å².